The summed E-state index contributed by atoms with van der Waals surface area (Å²) in [4.78, 5) is 23.9. The Morgan fingerprint density at radius 2 is 2.09 bits per heavy atom. The number of amides is 1. The zero-order valence-electron chi connectivity index (χ0n) is 20.6. The fourth-order valence-electron chi connectivity index (χ4n) is 4.65. The summed E-state index contributed by atoms with van der Waals surface area (Å²) in [5.74, 6) is -1.22. The molecular weight excluding hydrogens is 449 g/mol. The number of anilines is 3. The number of nitrogens with one attached hydrogen (secondary N) is 2. The number of carbonyl (C=O) groups is 1. The largest absolute Gasteiger partial charge is 0.491 e. The number of nitrogens with zero attached hydrogens (tertiary/aromatic N) is 4. The molecule has 10 heteroatoms. The molecule has 1 saturated heterocycles. The van der Waals surface area contributed by atoms with Crippen LogP contribution in [0.2, 0.25) is 0 Å². The molecule has 1 fully saturated rings. The molecule has 0 atom stereocenters. The summed E-state index contributed by atoms with van der Waals surface area (Å²) in [5, 5.41) is 6.26. The minimum atomic E-state index is -0.651. The standard InChI is InChI=1S/C25H32FN7O2/c1-5-29-16-8-10-32(11-9-16)20-7-6-17(22(27)18(20)12-28-3)25(34)31-19-14-33-13-15(2)30-24(33)21(26)23(19)35-4/h6-7,12-14,16,29H,5,8-11,27H2,1-4H3,(H,31,34). The maximum atomic E-state index is 15.0. The molecule has 3 aromatic rings. The number of aromatic nitrogens is 2. The van der Waals surface area contributed by atoms with Crippen LogP contribution in [0.15, 0.2) is 29.5 Å². The van der Waals surface area contributed by atoms with E-state index in [0.717, 1.165) is 38.2 Å². The van der Waals surface area contributed by atoms with Crippen LogP contribution in [0.1, 0.15) is 41.4 Å². The van der Waals surface area contributed by atoms with E-state index in [0.29, 0.717) is 23.0 Å². The Morgan fingerprint density at radius 3 is 2.74 bits per heavy atom. The molecular formula is C25H32FN7O2. The van der Waals surface area contributed by atoms with Gasteiger partial charge >= 0.3 is 0 Å². The van der Waals surface area contributed by atoms with Gasteiger partial charge in [0, 0.05) is 56.0 Å². The fourth-order valence-corrected chi connectivity index (χ4v) is 4.65. The normalized spacial score (nSPS) is 14.7. The molecule has 0 bridgehead atoms. The lowest BCUT2D eigenvalue weighted by molar-refractivity contribution is 0.102. The van der Waals surface area contributed by atoms with E-state index in [2.05, 4.69) is 32.4 Å². The molecule has 1 aliphatic rings. The second-order valence-corrected chi connectivity index (χ2v) is 8.62. The van der Waals surface area contributed by atoms with Crippen LogP contribution in [-0.4, -0.2) is 61.3 Å². The number of rotatable bonds is 7. The number of nitrogens with two attached hydrogens (primary N) is 1. The van der Waals surface area contributed by atoms with Crippen LogP contribution in [0.3, 0.4) is 0 Å². The number of fused-ring (bicyclic) bond motifs is 1. The number of halogens is 1. The topological polar surface area (TPSA) is 109 Å². The van der Waals surface area contributed by atoms with Crippen LogP contribution in [0.4, 0.5) is 21.5 Å². The predicted molar refractivity (Wildman–Crippen MR) is 138 cm³/mol. The van der Waals surface area contributed by atoms with Crippen LogP contribution < -0.4 is 26.0 Å². The molecule has 0 radical (unpaired) electrons. The molecule has 35 heavy (non-hydrogen) atoms. The van der Waals surface area contributed by atoms with E-state index in [1.807, 2.05) is 6.07 Å². The van der Waals surface area contributed by atoms with Crippen molar-refractivity contribution in [2.45, 2.75) is 32.7 Å². The highest BCUT2D eigenvalue weighted by Crippen LogP contribution is 2.33. The van der Waals surface area contributed by atoms with Crippen LogP contribution in [0.5, 0.6) is 5.75 Å². The number of nitrogen functional groups attached to an aromatic ring is 1. The third kappa shape index (κ3) is 4.79. The number of hydrogen-bond acceptors (Lipinski definition) is 7. The molecule has 1 amide bonds. The minimum absolute atomic E-state index is 0.0921. The van der Waals surface area contributed by atoms with Crippen molar-refractivity contribution in [1.82, 2.24) is 14.7 Å². The first-order valence-electron chi connectivity index (χ1n) is 11.7. The summed E-state index contributed by atoms with van der Waals surface area (Å²) >= 11 is 0. The SMILES string of the molecule is CCNC1CCN(c2ccc(C(=O)Nc3cn4cc(C)nc4c(F)c3OC)c(N)c2C=NC)CC1. The first-order valence-corrected chi connectivity index (χ1v) is 11.7. The Labute approximate surface area is 204 Å². The van der Waals surface area contributed by atoms with Crippen molar-refractivity contribution >= 4 is 34.8 Å². The van der Waals surface area contributed by atoms with Gasteiger partial charge in [-0.2, -0.15) is 4.39 Å². The van der Waals surface area contributed by atoms with Crippen LogP contribution in [0, 0.1) is 12.7 Å². The Balaban J connectivity index is 1.64. The quantitative estimate of drug-likeness (QED) is 0.353. The van der Waals surface area contributed by atoms with E-state index in [1.54, 1.807) is 38.6 Å². The number of aryl methyl sites for hydroxylation is 1. The highest BCUT2D eigenvalue weighted by Gasteiger charge is 2.24. The lowest BCUT2D eigenvalue weighted by Crippen LogP contribution is -2.42. The molecule has 3 heterocycles. The Hall–Kier alpha value is -3.66. The number of piperidine rings is 1. The van der Waals surface area contributed by atoms with Crippen molar-refractivity contribution in [3.05, 3.63) is 47.2 Å². The lowest BCUT2D eigenvalue weighted by Gasteiger charge is -2.35. The van der Waals surface area contributed by atoms with Gasteiger partial charge in [-0.25, -0.2) is 4.98 Å². The number of aliphatic imine (C=N–C) groups is 1. The number of imidazole rings is 1. The maximum Gasteiger partial charge on any atom is 0.257 e. The Kier molecular flexibility index (Phi) is 7.20. The summed E-state index contributed by atoms with van der Waals surface area (Å²) in [7, 11) is 3.02. The van der Waals surface area contributed by atoms with E-state index >= 15 is 0 Å². The van der Waals surface area contributed by atoms with Crippen molar-refractivity contribution in [3.8, 4) is 5.75 Å². The molecule has 1 aromatic carbocycles. The van der Waals surface area contributed by atoms with Gasteiger partial charge < -0.3 is 30.4 Å². The molecule has 0 aliphatic carbocycles. The van der Waals surface area contributed by atoms with Crippen LogP contribution in [0.25, 0.3) is 5.65 Å². The van der Waals surface area contributed by atoms with Crippen molar-refractivity contribution in [2.24, 2.45) is 4.99 Å². The summed E-state index contributed by atoms with van der Waals surface area (Å²) < 4.78 is 21.7. The van der Waals surface area contributed by atoms with E-state index < -0.39 is 11.7 Å². The van der Waals surface area contributed by atoms with Gasteiger partial charge in [0.2, 0.25) is 5.82 Å². The van der Waals surface area contributed by atoms with Crippen molar-refractivity contribution in [2.75, 3.05) is 49.7 Å². The van der Waals surface area contributed by atoms with Crippen molar-refractivity contribution in [3.63, 3.8) is 0 Å². The summed E-state index contributed by atoms with van der Waals surface area (Å²) in [6.07, 6.45) is 6.98. The highest BCUT2D eigenvalue weighted by molar-refractivity contribution is 6.12. The number of ether oxygens (including phenoxy) is 1. The van der Waals surface area contributed by atoms with Gasteiger partial charge in [-0.3, -0.25) is 9.79 Å². The van der Waals surface area contributed by atoms with E-state index in [9.17, 15) is 9.18 Å². The van der Waals surface area contributed by atoms with Gasteiger partial charge in [-0.05, 0) is 38.4 Å². The molecule has 0 spiro atoms. The second-order valence-electron chi connectivity index (χ2n) is 8.62. The second kappa shape index (κ2) is 10.3. The number of pyridine rings is 1. The molecule has 2 aromatic heterocycles. The van der Waals surface area contributed by atoms with Crippen molar-refractivity contribution < 1.29 is 13.9 Å². The Bertz CT molecular complexity index is 1260. The fraction of sp³-hybridized carbons (Fsp3) is 0.400. The third-order valence-corrected chi connectivity index (χ3v) is 6.31. The molecule has 4 N–H and O–H groups in total. The Morgan fingerprint density at radius 1 is 1.34 bits per heavy atom. The van der Waals surface area contributed by atoms with Gasteiger partial charge in [-0.15, -0.1) is 0 Å². The third-order valence-electron chi connectivity index (χ3n) is 6.31. The molecule has 0 saturated carbocycles. The zero-order valence-corrected chi connectivity index (χ0v) is 20.6. The lowest BCUT2D eigenvalue weighted by atomic mass is 10.00. The summed E-state index contributed by atoms with van der Waals surface area (Å²) in [6, 6.07) is 4.11. The molecule has 1 aliphatic heterocycles. The first kappa shape index (κ1) is 24.5. The van der Waals surface area contributed by atoms with E-state index in [1.165, 1.54) is 11.5 Å². The van der Waals surface area contributed by atoms with Gasteiger partial charge in [0.1, 0.15) is 5.69 Å². The number of benzene rings is 1. The van der Waals surface area contributed by atoms with Crippen LogP contribution in [-0.2, 0) is 0 Å². The highest BCUT2D eigenvalue weighted by atomic mass is 19.1. The average molecular weight is 482 g/mol. The molecule has 0 unspecified atom stereocenters. The minimum Gasteiger partial charge on any atom is -0.491 e. The molecule has 186 valence electrons. The van der Waals surface area contributed by atoms with Crippen molar-refractivity contribution in [1.29, 1.82) is 0 Å². The van der Waals surface area contributed by atoms with Crippen LogP contribution >= 0.6 is 0 Å². The smallest absolute Gasteiger partial charge is 0.257 e. The van der Waals surface area contributed by atoms with E-state index in [-0.39, 0.29) is 22.6 Å². The predicted octanol–water partition coefficient (Wildman–Crippen LogP) is 3.25. The zero-order chi connectivity index (χ0) is 25.1. The summed E-state index contributed by atoms with van der Waals surface area (Å²) in [6.45, 7) is 6.60. The number of hydrogen-bond donors (Lipinski definition) is 3. The molecule has 9 nitrogen and oxygen atoms in total. The molecule has 4 rings (SSSR count). The van der Waals surface area contributed by atoms with Gasteiger partial charge in [-0.1, -0.05) is 6.92 Å². The number of carbonyl (C=O) groups excluding carboxylic acids is 1. The number of methoxy groups -OCH3 is 1. The van der Waals surface area contributed by atoms with Gasteiger partial charge in [0.25, 0.3) is 5.91 Å². The summed E-state index contributed by atoms with van der Waals surface area (Å²) in [5.41, 5.74) is 9.67. The monoisotopic (exact) mass is 481 g/mol. The van der Waals surface area contributed by atoms with Gasteiger partial charge in [0.05, 0.1) is 24.1 Å². The van der Waals surface area contributed by atoms with Gasteiger partial charge in [0.15, 0.2) is 11.4 Å². The maximum absolute atomic E-state index is 15.0. The van der Waals surface area contributed by atoms with E-state index in [4.69, 9.17) is 10.5 Å². The first-order chi connectivity index (χ1) is 16.9. The average Bonchev–Trinajstić information content (AvgIpc) is 3.22.